The number of aliphatic hydroxyl groups is 1. The first-order chi connectivity index (χ1) is 12.4. The van der Waals surface area contributed by atoms with Gasteiger partial charge < -0.3 is 9.67 Å². The number of rotatable bonds is 6. The minimum Gasteiger partial charge on any atom is -0.395 e. The maximum Gasteiger partial charge on any atom is 0.227 e. The average molecular weight is 381 g/mol. The molecule has 1 atom stereocenters. The van der Waals surface area contributed by atoms with E-state index in [1.807, 2.05) is 0 Å². The van der Waals surface area contributed by atoms with Gasteiger partial charge in [0.25, 0.3) is 0 Å². The Labute approximate surface area is 153 Å². The molecule has 0 aliphatic carbocycles. The summed E-state index contributed by atoms with van der Waals surface area (Å²) in [6.07, 6.45) is 5.67. The Morgan fingerprint density at radius 1 is 1.27 bits per heavy atom. The first kappa shape index (κ1) is 19.0. The third-order valence-corrected chi connectivity index (χ3v) is 5.83. The molecule has 2 heterocycles. The van der Waals surface area contributed by atoms with Crippen molar-refractivity contribution in [3.05, 3.63) is 47.5 Å². The highest BCUT2D eigenvalue weighted by molar-refractivity contribution is 7.90. The number of likely N-dealkylation sites (tertiary alicyclic amines) is 1. The van der Waals surface area contributed by atoms with E-state index in [-0.39, 0.29) is 30.2 Å². The van der Waals surface area contributed by atoms with Crippen molar-refractivity contribution >= 4 is 9.84 Å². The number of nitrogens with zero attached hydrogens (tertiary/aromatic N) is 3. The Bertz CT molecular complexity index is 866. The summed E-state index contributed by atoms with van der Waals surface area (Å²) >= 11 is 0. The minimum absolute atomic E-state index is 0.0576. The van der Waals surface area contributed by atoms with Crippen LogP contribution in [0, 0.1) is 5.82 Å². The van der Waals surface area contributed by atoms with Crippen molar-refractivity contribution in [3.8, 4) is 0 Å². The molecule has 1 saturated heterocycles. The van der Waals surface area contributed by atoms with Crippen LogP contribution in [-0.4, -0.2) is 53.4 Å². The number of sulfone groups is 1. The first-order valence-corrected chi connectivity index (χ1v) is 10.6. The van der Waals surface area contributed by atoms with E-state index >= 15 is 0 Å². The van der Waals surface area contributed by atoms with Gasteiger partial charge in [0, 0.05) is 24.4 Å². The molecule has 8 heteroatoms. The minimum atomic E-state index is -3.54. The number of aliphatic hydroxyl groups excluding tert-OH is 1. The maximum absolute atomic E-state index is 14.1. The summed E-state index contributed by atoms with van der Waals surface area (Å²) < 4.78 is 39.9. The fourth-order valence-electron chi connectivity index (χ4n) is 3.46. The van der Waals surface area contributed by atoms with Gasteiger partial charge in [-0.1, -0.05) is 24.6 Å². The highest BCUT2D eigenvalue weighted by atomic mass is 32.2. The molecule has 1 fully saturated rings. The van der Waals surface area contributed by atoms with Gasteiger partial charge in [0.15, 0.2) is 0 Å². The standard InChI is InChI=1S/C18H24FN3O3S/c1-26(24,25)18-20-10-16(12-21-9-5-4-7-15(21)13-23)22(18)11-14-6-2-3-8-17(14)19/h2-3,6,8,10,15,23H,4-5,7,9,11-13H2,1H3. The van der Waals surface area contributed by atoms with E-state index < -0.39 is 9.84 Å². The molecule has 0 radical (unpaired) electrons. The summed E-state index contributed by atoms with van der Waals surface area (Å²) in [5, 5.41) is 9.54. The Morgan fingerprint density at radius 2 is 2.04 bits per heavy atom. The van der Waals surface area contributed by atoms with E-state index in [1.165, 1.54) is 6.07 Å². The van der Waals surface area contributed by atoms with Crippen molar-refractivity contribution in [3.63, 3.8) is 0 Å². The van der Waals surface area contributed by atoms with Crippen molar-refractivity contribution in [2.24, 2.45) is 0 Å². The Kier molecular flexibility index (Phi) is 5.74. The zero-order chi connectivity index (χ0) is 18.7. The molecule has 1 aromatic carbocycles. The summed E-state index contributed by atoms with van der Waals surface area (Å²) in [6, 6.07) is 6.38. The maximum atomic E-state index is 14.1. The molecule has 0 amide bonds. The van der Waals surface area contributed by atoms with Crippen LogP contribution in [0.4, 0.5) is 4.39 Å². The van der Waals surface area contributed by atoms with Crippen molar-refractivity contribution in [2.75, 3.05) is 19.4 Å². The SMILES string of the molecule is CS(=O)(=O)c1ncc(CN2CCCCC2CO)n1Cc1ccccc1F. The third-order valence-electron chi connectivity index (χ3n) is 4.84. The lowest BCUT2D eigenvalue weighted by Crippen LogP contribution is -2.41. The van der Waals surface area contributed by atoms with Gasteiger partial charge in [-0.25, -0.2) is 17.8 Å². The number of piperidine rings is 1. The first-order valence-electron chi connectivity index (χ1n) is 8.73. The molecular weight excluding hydrogens is 357 g/mol. The molecule has 0 bridgehead atoms. The van der Waals surface area contributed by atoms with Crippen LogP contribution in [0.15, 0.2) is 35.6 Å². The van der Waals surface area contributed by atoms with Gasteiger partial charge in [0.2, 0.25) is 15.0 Å². The molecule has 1 aliphatic heterocycles. The number of hydrogen-bond acceptors (Lipinski definition) is 5. The van der Waals surface area contributed by atoms with Crippen molar-refractivity contribution in [1.29, 1.82) is 0 Å². The van der Waals surface area contributed by atoms with Crippen LogP contribution in [0.1, 0.15) is 30.5 Å². The number of benzene rings is 1. The summed E-state index contributed by atoms with van der Waals surface area (Å²) in [7, 11) is -3.54. The second-order valence-electron chi connectivity index (χ2n) is 6.78. The van der Waals surface area contributed by atoms with Gasteiger partial charge in [-0.2, -0.15) is 0 Å². The summed E-state index contributed by atoms with van der Waals surface area (Å²) in [6.45, 7) is 1.48. The summed E-state index contributed by atoms with van der Waals surface area (Å²) in [5.74, 6) is -0.377. The monoisotopic (exact) mass is 381 g/mol. The number of imidazole rings is 1. The van der Waals surface area contributed by atoms with E-state index in [4.69, 9.17) is 0 Å². The Morgan fingerprint density at radius 3 is 2.73 bits per heavy atom. The van der Waals surface area contributed by atoms with E-state index in [1.54, 1.807) is 29.0 Å². The van der Waals surface area contributed by atoms with Gasteiger partial charge in [0.1, 0.15) is 5.82 Å². The predicted molar refractivity (Wildman–Crippen MR) is 96.0 cm³/mol. The van der Waals surface area contributed by atoms with Gasteiger partial charge in [-0.15, -0.1) is 0 Å². The quantitative estimate of drug-likeness (QED) is 0.826. The Hall–Kier alpha value is -1.77. The van der Waals surface area contributed by atoms with Crippen LogP contribution in [-0.2, 0) is 22.9 Å². The predicted octanol–water partition coefficient (Wildman–Crippen LogP) is 1.82. The lowest BCUT2D eigenvalue weighted by molar-refractivity contribution is 0.0820. The van der Waals surface area contributed by atoms with Gasteiger partial charge in [0.05, 0.1) is 25.0 Å². The Balaban J connectivity index is 1.95. The topological polar surface area (TPSA) is 75.4 Å². The molecule has 0 saturated carbocycles. The van der Waals surface area contributed by atoms with Crippen molar-refractivity contribution in [1.82, 2.24) is 14.5 Å². The zero-order valence-electron chi connectivity index (χ0n) is 14.8. The molecule has 2 aromatic rings. The van der Waals surface area contributed by atoms with Crippen LogP contribution >= 0.6 is 0 Å². The third kappa shape index (κ3) is 4.13. The van der Waals surface area contributed by atoms with E-state index in [9.17, 15) is 17.9 Å². The molecular formula is C18H24FN3O3S. The van der Waals surface area contributed by atoms with Crippen LogP contribution in [0.5, 0.6) is 0 Å². The summed E-state index contributed by atoms with van der Waals surface area (Å²) in [5.41, 5.74) is 1.11. The largest absolute Gasteiger partial charge is 0.395 e. The summed E-state index contributed by atoms with van der Waals surface area (Å²) in [4.78, 5) is 6.24. The van der Waals surface area contributed by atoms with Crippen LogP contribution < -0.4 is 0 Å². The smallest absolute Gasteiger partial charge is 0.227 e. The van der Waals surface area contributed by atoms with E-state index in [0.717, 1.165) is 32.1 Å². The second-order valence-corrected chi connectivity index (χ2v) is 8.69. The highest BCUT2D eigenvalue weighted by Gasteiger charge is 2.25. The lowest BCUT2D eigenvalue weighted by Gasteiger charge is -2.34. The molecule has 142 valence electrons. The fourth-order valence-corrected chi connectivity index (χ4v) is 4.29. The molecule has 1 N–H and O–H groups in total. The molecule has 3 rings (SSSR count). The molecule has 1 aliphatic rings. The molecule has 1 aromatic heterocycles. The van der Waals surface area contributed by atoms with Crippen molar-refractivity contribution in [2.45, 2.75) is 43.6 Å². The van der Waals surface area contributed by atoms with Crippen molar-refractivity contribution < 1.29 is 17.9 Å². The van der Waals surface area contributed by atoms with Crippen LogP contribution in [0.25, 0.3) is 0 Å². The fraction of sp³-hybridized carbons (Fsp3) is 0.500. The normalized spacial score (nSPS) is 19.0. The number of aromatic nitrogens is 2. The van der Waals surface area contributed by atoms with Gasteiger partial charge in [-0.3, -0.25) is 4.90 Å². The van der Waals surface area contributed by atoms with Gasteiger partial charge in [-0.05, 0) is 25.5 Å². The van der Waals surface area contributed by atoms with E-state index in [0.29, 0.717) is 17.8 Å². The van der Waals surface area contributed by atoms with Crippen LogP contribution in [0.2, 0.25) is 0 Å². The molecule has 6 nitrogen and oxygen atoms in total. The molecule has 0 spiro atoms. The van der Waals surface area contributed by atoms with Crippen LogP contribution in [0.3, 0.4) is 0 Å². The zero-order valence-corrected chi connectivity index (χ0v) is 15.6. The molecule has 26 heavy (non-hydrogen) atoms. The number of hydrogen-bond donors (Lipinski definition) is 1. The average Bonchev–Trinajstić information content (AvgIpc) is 3.00. The second kappa shape index (κ2) is 7.85. The highest BCUT2D eigenvalue weighted by Crippen LogP contribution is 2.22. The van der Waals surface area contributed by atoms with E-state index in [2.05, 4.69) is 9.88 Å². The molecule has 1 unspecified atom stereocenters. The van der Waals surface area contributed by atoms with Gasteiger partial charge >= 0.3 is 0 Å². The lowest BCUT2D eigenvalue weighted by atomic mass is 10.0. The number of halogens is 1.